The van der Waals surface area contributed by atoms with Gasteiger partial charge in [0.15, 0.2) is 0 Å². The maximum absolute atomic E-state index is 13.0. The van der Waals surface area contributed by atoms with Crippen LogP contribution in [0.25, 0.3) is 0 Å². The van der Waals surface area contributed by atoms with Crippen LogP contribution in [0.1, 0.15) is 87.0 Å². The monoisotopic (exact) mass is 538 g/mol. The third kappa shape index (κ3) is 13.4. The van der Waals surface area contributed by atoms with E-state index in [9.17, 15) is 19.2 Å². The maximum Gasteiger partial charge on any atom is 0.329 e. The Bertz CT molecular complexity index is 747. The number of hydrogen-bond donors (Lipinski definition) is 1. The van der Waals surface area contributed by atoms with Crippen molar-refractivity contribution in [2.45, 2.75) is 105 Å². The minimum absolute atomic E-state index is 0.0632. The number of carbonyl (C=O) groups is 4. The SMILES string of the molecule is C/C(=C\C(C(C)C)N(C)C(=O)CNC=O)C(=O)N1CCC[C@H]1C(=O)OC(C)C.CCC.CN1CCCCC1. The summed E-state index contributed by atoms with van der Waals surface area (Å²) in [6, 6.07) is -0.875. The summed E-state index contributed by atoms with van der Waals surface area (Å²) in [5.41, 5.74) is 0.478. The van der Waals surface area contributed by atoms with E-state index in [0.717, 1.165) is 6.42 Å². The van der Waals surface area contributed by atoms with Gasteiger partial charge in [0.05, 0.1) is 18.7 Å². The van der Waals surface area contributed by atoms with Crippen LogP contribution in [0.15, 0.2) is 11.6 Å². The van der Waals surface area contributed by atoms with Gasteiger partial charge in [-0.05, 0) is 72.5 Å². The van der Waals surface area contributed by atoms with Gasteiger partial charge in [0, 0.05) is 19.2 Å². The van der Waals surface area contributed by atoms with E-state index < -0.39 is 6.04 Å². The summed E-state index contributed by atoms with van der Waals surface area (Å²) in [7, 11) is 3.84. The van der Waals surface area contributed by atoms with Gasteiger partial charge in [-0.25, -0.2) is 4.79 Å². The highest BCUT2D eigenvalue weighted by molar-refractivity contribution is 5.96. The molecule has 2 atom stereocenters. The summed E-state index contributed by atoms with van der Waals surface area (Å²) in [5.74, 6) is -0.780. The zero-order valence-corrected chi connectivity index (χ0v) is 25.4. The Balaban J connectivity index is 0.00000114. The molecule has 2 saturated heterocycles. The third-order valence-electron chi connectivity index (χ3n) is 6.34. The molecular formula is C29H54N4O5. The van der Waals surface area contributed by atoms with Gasteiger partial charge in [-0.2, -0.15) is 0 Å². The number of ether oxygens (including phenoxy) is 1. The predicted molar refractivity (Wildman–Crippen MR) is 152 cm³/mol. The fraction of sp³-hybridized carbons (Fsp3) is 0.793. The molecule has 0 aromatic rings. The first-order valence-electron chi connectivity index (χ1n) is 14.2. The minimum atomic E-state index is -0.563. The Morgan fingerprint density at radius 1 is 1.03 bits per heavy atom. The van der Waals surface area contributed by atoms with Crippen molar-refractivity contribution in [3.63, 3.8) is 0 Å². The largest absolute Gasteiger partial charge is 0.461 e. The number of rotatable bonds is 9. The van der Waals surface area contributed by atoms with Crippen molar-refractivity contribution in [1.29, 1.82) is 0 Å². The molecule has 2 fully saturated rings. The van der Waals surface area contributed by atoms with Crippen molar-refractivity contribution in [1.82, 2.24) is 20.0 Å². The van der Waals surface area contributed by atoms with Crippen LogP contribution >= 0.6 is 0 Å². The molecular weight excluding hydrogens is 484 g/mol. The molecule has 0 aromatic heterocycles. The normalized spacial score (nSPS) is 18.6. The first kappa shape index (κ1) is 35.6. The third-order valence-corrected chi connectivity index (χ3v) is 6.34. The van der Waals surface area contributed by atoms with Crippen LogP contribution in [0.5, 0.6) is 0 Å². The predicted octanol–water partition coefficient (Wildman–Crippen LogP) is 3.62. The molecule has 0 aliphatic carbocycles. The van der Waals surface area contributed by atoms with Gasteiger partial charge in [-0.15, -0.1) is 0 Å². The lowest BCUT2D eigenvalue weighted by atomic mass is 9.99. The number of likely N-dealkylation sites (N-methyl/N-ethyl adjacent to an activating group) is 1. The van der Waals surface area contributed by atoms with Gasteiger partial charge in [0.1, 0.15) is 6.04 Å². The second-order valence-electron chi connectivity index (χ2n) is 10.8. The number of carbonyl (C=O) groups excluding carboxylic acids is 4. The lowest BCUT2D eigenvalue weighted by molar-refractivity contribution is -0.155. The standard InChI is InChI=1S/C20H33N3O5.C6H13N.C3H8/c1-13(2)17(22(6)18(25)11-21-12-24)10-15(5)19(26)23-9-7-8-16(23)20(27)28-14(3)4;1-7-5-3-2-4-6-7;1-3-2/h10,12-14,16-17H,7-9,11H2,1-6H3,(H,21,24);2-6H2,1H3;3H2,1-2H3/b15-10+;;/t16-,17?;;/m0../s1. The zero-order chi connectivity index (χ0) is 29.3. The van der Waals surface area contributed by atoms with E-state index in [1.165, 1.54) is 43.7 Å². The van der Waals surface area contributed by atoms with E-state index in [1.807, 2.05) is 13.8 Å². The van der Waals surface area contributed by atoms with Crippen LogP contribution < -0.4 is 5.32 Å². The van der Waals surface area contributed by atoms with E-state index in [1.54, 1.807) is 38.8 Å². The molecule has 1 unspecified atom stereocenters. The summed E-state index contributed by atoms with van der Waals surface area (Å²) in [6.07, 6.45) is 8.87. The first-order valence-corrected chi connectivity index (χ1v) is 14.2. The maximum atomic E-state index is 13.0. The van der Waals surface area contributed by atoms with Gasteiger partial charge in [-0.1, -0.05) is 46.6 Å². The smallest absolute Gasteiger partial charge is 0.329 e. The molecule has 38 heavy (non-hydrogen) atoms. The number of hydrogen-bond acceptors (Lipinski definition) is 6. The van der Waals surface area contributed by atoms with Gasteiger partial charge in [0.25, 0.3) is 0 Å². The van der Waals surface area contributed by atoms with Crippen molar-refractivity contribution < 1.29 is 23.9 Å². The molecule has 0 radical (unpaired) electrons. The number of amides is 3. The molecule has 0 bridgehead atoms. The molecule has 2 aliphatic heterocycles. The lowest BCUT2D eigenvalue weighted by Gasteiger charge is -2.30. The van der Waals surface area contributed by atoms with Gasteiger partial charge in [-0.3, -0.25) is 14.4 Å². The molecule has 2 aliphatic rings. The molecule has 0 spiro atoms. The Kier molecular flexibility index (Phi) is 18.4. The Morgan fingerprint density at radius 2 is 1.61 bits per heavy atom. The van der Waals surface area contributed by atoms with E-state index in [2.05, 4.69) is 31.1 Å². The number of likely N-dealkylation sites (tertiary alicyclic amines) is 2. The highest BCUT2D eigenvalue weighted by atomic mass is 16.5. The highest BCUT2D eigenvalue weighted by Gasteiger charge is 2.36. The Morgan fingerprint density at radius 3 is 2.05 bits per heavy atom. The van der Waals surface area contributed by atoms with E-state index in [4.69, 9.17) is 4.74 Å². The lowest BCUT2D eigenvalue weighted by Crippen LogP contribution is -2.45. The number of esters is 1. The van der Waals surface area contributed by atoms with Gasteiger partial charge < -0.3 is 24.8 Å². The van der Waals surface area contributed by atoms with E-state index >= 15 is 0 Å². The molecule has 0 saturated carbocycles. The molecule has 1 N–H and O–H groups in total. The Hall–Kier alpha value is -2.42. The summed E-state index contributed by atoms with van der Waals surface area (Å²) in [6.45, 7) is 16.5. The Labute approximate surface area is 231 Å². The summed E-state index contributed by atoms with van der Waals surface area (Å²) in [4.78, 5) is 53.4. The first-order chi connectivity index (χ1) is 17.9. The zero-order valence-electron chi connectivity index (χ0n) is 25.4. The number of nitrogens with one attached hydrogen (secondary N) is 1. The number of piperidine rings is 1. The topological polar surface area (TPSA) is 99.3 Å². The molecule has 220 valence electrons. The number of nitrogens with zero attached hydrogens (tertiary/aromatic N) is 3. The van der Waals surface area contributed by atoms with Crippen LogP contribution in [-0.2, 0) is 23.9 Å². The fourth-order valence-corrected chi connectivity index (χ4v) is 4.34. The molecule has 2 rings (SSSR count). The second kappa shape index (κ2) is 19.6. The van der Waals surface area contributed by atoms with E-state index in [-0.39, 0.29) is 42.4 Å². The molecule has 3 amide bonds. The second-order valence-corrected chi connectivity index (χ2v) is 10.8. The van der Waals surface area contributed by atoms with Crippen LogP contribution in [0.3, 0.4) is 0 Å². The minimum Gasteiger partial charge on any atom is -0.461 e. The quantitative estimate of drug-likeness (QED) is 0.273. The van der Waals surface area contributed by atoms with Crippen LogP contribution in [0, 0.1) is 5.92 Å². The van der Waals surface area contributed by atoms with E-state index in [0.29, 0.717) is 24.9 Å². The average molecular weight is 539 g/mol. The highest BCUT2D eigenvalue weighted by Crippen LogP contribution is 2.22. The summed E-state index contributed by atoms with van der Waals surface area (Å²) < 4.78 is 5.28. The average Bonchev–Trinajstić information content (AvgIpc) is 3.36. The molecule has 0 aromatic carbocycles. The van der Waals surface area contributed by atoms with Crippen molar-refractivity contribution in [2.75, 3.05) is 40.3 Å². The molecule has 9 nitrogen and oxygen atoms in total. The van der Waals surface area contributed by atoms with Crippen molar-refractivity contribution in [3.05, 3.63) is 11.6 Å². The summed E-state index contributed by atoms with van der Waals surface area (Å²) >= 11 is 0. The van der Waals surface area contributed by atoms with Crippen molar-refractivity contribution in [3.8, 4) is 0 Å². The summed E-state index contributed by atoms with van der Waals surface area (Å²) in [5, 5.41) is 2.36. The fourth-order valence-electron chi connectivity index (χ4n) is 4.34. The van der Waals surface area contributed by atoms with Crippen molar-refractivity contribution >= 4 is 24.2 Å². The van der Waals surface area contributed by atoms with Crippen LogP contribution in [-0.4, -0.2) is 97.4 Å². The van der Waals surface area contributed by atoms with Crippen molar-refractivity contribution in [2.24, 2.45) is 5.92 Å². The van der Waals surface area contributed by atoms with Gasteiger partial charge >= 0.3 is 5.97 Å². The molecule has 9 heteroatoms. The van der Waals surface area contributed by atoms with Crippen LogP contribution in [0.2, 0.25) is 0 Å². The van der Waals surface area contributed by atoms with Gasteiger partial charge in [0.2, 0.25) is 18.2 Å². The molecule has 2 heterocycles. The van der Waals surface area contributed by atoms with Crippen LogP contribution in [0.4, 0.5) is 0 Å².